The molecule has 0 fully saturated rings. The number of hydrogen-bond donors (Lipinski definition) is 1. The van der Waals surface area contributed by atoms with Gasteiger partial charge in [0.25, 0.3) is 0 Å². The number of aromatic nitrogens is 3. The van der Waals surface area contributed by atoms with Crippen LogP contribution in [-0.2, 0) is 0 Å². The lowest BCUT2D eigenvalue weighted by atomic mass is 10.1. The van der Waals surface area contributed by atoms with E-state index >= 15 is 0 Å². The lowest BCUT2D eigenvalue weighted by Gasteiger charge is -2.15. The molecule has 1 N–H and O–H groups in total. The topological polar surface area (TPSA) is 50.7 Å². The maximum atomic E-state index is 4.72. The summed E-state index contributed by atoms with van der Waals surface area (Å²) in [6, 6.07) is 3.97. The van der Waals surface area contributed by atoms with Gasteiger partial charge in [0.05, 0.1) is 5.69 Å². The highest BCUT2D eigenvalue weighted by Crippen LogP contribution is 2.27. The van der Waals surface area contributed by atoms with Crippen molar-refractivity contribution in [2.75, 3.05) is 11.9 Å². The summed E-state index contributed by atoms with van der Waals surface area (Å²) < 4.78 is 0. The molecule has 0 bridgehead atoms. The number of nitrogens with one attached hydrogen (secondary N) is 1. The minimum absolute atomic E-state index is 0.299. The fraction of sp³-hybridized carbons (Fsp3) is 0.438. The van der Waals surface area contributed by atoms with Gasteiger partial charge in [-0.3, -0.25) is 4.98 Å². The molecule has 2 aromatic heterocycles. The molecule has 0 aliphatic carbocycles. The molecule has 0 saturated carbocycles. The molecule has 0 saturated heterocycles. The van der Waals surface area contributed by atoms with Crippen molar-refractivity contribution in [1.29, 1.82) is 0 Å². The van der Waals surface area contributed by atoms with Crippen molar-refractivity contribution in [1.82, 2.24) is 15.0 Å². The molecule has 4 nitrogen and oxygen atoms in total. The molecule has 106 valence electrons. The van der Waals surface area contributed by atoms with Gasteiger partial charge in [-0.05, 0) is 25.5 Å². The first-order valence-electron chi connectivity index (χ1n) is 7.16. The lowest BCUT2D eigenvalue weighted by molar-refractivity contribution is 0.772. The first-order valence-corrected chi connectivity index (χ1v) is 7.16. The van der Waals surface area contributed by atoms with Crippen molar-refractivity contribution in [2.24, 2.45) is 0 Å². The summed E-state index contributed by atoms with van der Waals surface area (Å²) in [5.74, 6) is 2.10. The molecule has 4 heteroatoms. The van der Waals surface area contributed by atoms with Gasteiger partial charge in [0, 0.05) is 36.0 Å². The zero-order valence-electron chi connectivity index (χ0n) is 12.6. The van der Waals surface area contributed by atoms with Crippen molar-refractivity contribution >= 4 is 5.82 Å². The molecule has 0 aliphatic rings. The van der Waals surface area contributed by atoms with Crippen LogP contribution >= 0.6 is 0 Å². The van der Waals surface area contributed by atoms with Gasteiger partial charge >= 0.3 is 0 Å². The van der Waals surface area contributed by atoms with Crippen LogP contribution in [0.5, 0.6) is 0 Å². The van der Waals surface area contributed by atoms with E-state index in [0.717, 1.165) is 41.4 Å². The highest BCUT2D eigenvalue weighted by molar-refractivity contribution is 5.67. The maximum Gasteiger partial charge on any atom is 0.133 e. The van der Waals surface area contributed by atoms with Crippen LogP contribution in [0.2, 0.25) is 0 Å². The van der Waals surface area contributed by atoms with E-state index < -0.39 is 0 Å². The Hall–Kier alpha value is -1.97. The fourth-order valence-corrected chi connectivity index (χ4v) is 1.99. The summed E-state index contributed by atoms with van der Waals surface area (Å²) in [5, 5.41) is 3.40. The van der Waals surface area contributed by atoms with Crippen LogP contribution in [0.4, 0.5) is 5.82 Å². The van der Waals surface area contributed by atoms with Gasteiger partial charge in [-0.1, -0.05) is 20.8 Å². The quantitative estimate of drug-likeness (QED) is 0.898. The van der Waals surface area contributed by atoms with Gasteiger partial charge in [-0.25, -0.2) is 9.97 Å². The zero-order valence-corrected chi connectivity index (χ0v) is 12.6. The molecule has 0 radical (unpaired) electrons. The summed E-state index contributed by atoms with van der Waals surface area (Å²) in [4.78, 5) is 13.6. The molecule has 2 rings (SSSR count). The largest absolute Gasteiger partial charge is 0.370 e. The van der Waals surface area contributed by atoms with Gasteiger partial charge in [0.1, 0.15) is 11.6 Å². The second-order valence-electron chi connectivity index (χ2n) is 5.23. The van der Waals surface area contributed by atoms with E-state index in [0.29, 0.717) is 5.92 Å². The molecule has 0 unspecified atom stereocenters. The van der Waals surface area contributed by atoms with E-state index in [1.165, 1.54) is 0 Å². The maximum absolute atomic E-state index is 4.72. The highest BCUT2D eigenvalue weighted by atomic mass is 15.0. The number of nitrogens with zero attached hydrogens (tertiary/aromatic N) is 3. The van der Waals surface area contributed by atoms with Gasteiger partial charge < -0.3 is 5.32 Å². The Morgan fingerprint density at radius 3 is 2.65 bits per heavy atom. The van der Waals surface area contributed by atoms with E-state index in [1.54, 1.807) is 6.20 Å². The summed E-state index contributed by atoms with van der Waals surface area (Å²) >= 11 is 0. The summed E-state index contributed by atoms with van der Waals surface area (Å²) in [7, 11) is 0. The van der Waals surface area contributed by atoms with Crippen LogP contribution in [0.3, 0.4) is 0 Å². The number of anilines is 1. The number of rotatable bonds is 5. The van der Waals surface area contributed by atoms with Gasteiger partial charge in [-0.2, -0.15) is 0 Å². The third-order valence-electron chi connectivity index (χ3n) is 3.16. The molecule has 0 aliphatic heterocycles. The third kappa shape index (κ3) is 3.13. The van der Waals surface area contributed by atoms with E-state index in [1.807, 2.05) is 18.3 Å². The van der Waals surface area contributed by atoms with Crippen LogP contribution < -0.4 is 5.32 Å². The first-order chi connectivity index (χ1) is 9.63. The molecular weight excluding hydrogens is 248 g/mol. The Morgan fingerprint density at radius 2 is 2.05 bits per heavy atom. The van der Waals surface area contributed by atoms with Crippen molar-refractivity contribution in [3.63, 3.8) is 0 Å². The smallest absolute Gasteiger partial charge is 0.133 e. The average Bonchev–Trinajstić information content (AvgIpc) is 2.47. The summed E-state index contributed by atoms with van der Waals surface area (Å²) in [5.41, 5.74) is 3.08. The number of hydrogen-bond acceptors (Lipinski definition) is 4. The van der Waals surface area contributed by atoms with Crippen LogP contribution in [0.1, 0.15) is 44.5 Å². The average molecular weight is 270 g/mol. The molecule has 0 spiro atoms. The standard InChI is InChI=1S/C16H22N4/c1-5-8-18-16-12(4)14(13-7-6-9-17-10-13)19-15(20-16)11(2)3/h6-7,9-11H,5,8H2,1-4H3,(H,18,19,20). The molecule has 20 heavy (non-hydrogen) atoms. The highest BCUT2D eigenvalue weighted by Gasteiger charge is 2.14. The second-order valence-corrected chi connectivity index (χ2v) is 5.23. The number of pyridine rings is 1. The van der Waals surface area contributed by atoms with E-state index in [-0.39, 0.29) is 0 Å². The molecule has 2 aromatic rings. The third-order valence-corrected chi connectivity index (χ3v) is 3.16. The van der Waals surface area contributed by atoms with Gasteiger partial charge in [-0.15, -0.1) is 0 Å². The van der Waals surface area contributed by atoms with Crippen LogP contribution in [-0.4, -0.2) is 21.5 Å². The van der Waals surface area contributed by atoms with Crippen molar-refractivity contribution < 1.29 is 0 Å². The van der Waals surface area contributed by atoms with Crippen molar-refractivity contribution in [3.8, 4) is 11.3 Å². The Balaban J connectivity index is 2.52. The minimum Gasteiger partial charge on any atom is -0.370 e. The molecular formula is C16H22N4. The SMILES string of the molecule is CCCNc1nc(C(C)C)nc(-c2cccnc2)c1C. The van der Waals surface area contributed by atoms with E-state index in [9.17, 15) is 0 Å². The fourth-order valence-electron chi connectivity index (χ4n) is 1.99. The normalized spacial score (nSPS) is 10.8. The first kappa shape index (κ1) is 14.4. The van der Waals surface area contributed by atoms with Crippen LogP contribution in [0.15, 0.2) is 24.5 Å². The Kier molecular flexibility index (Phi) is 4.66. The second kappa shape index (κ2) is 6.46. The predicted molar refractivity (Wildman–Crippen MR) is 82.9 cm³/mol. The van der Waals surface area contributed by atoms with E-state index in [4.69, 9.17) is 4.98 Å². The van der Waals surface area contributed by atoms with E-state index in [2.05, 4.69) is 43.0 Å². The van der Waals surface area contributed by atoms with Crippen molar-refractivity contribution in [3.05, 3.63) is 35.9 Å². The van der Waals surface area contributed by atoms with Crippen LogP contribution in [0, 0.1) is 6.92 Å². The Labute approximate surface area is 120 Å². The minimum atomic E-state index is 0.299. The lowest BCUT2D eigenvalue weighted by Crippen LogP contribution is -2.10. The summed E-state index contributed by atoms with van der Waals surface area (Å²) in [6.07, 6.45) is 4.70. The molecule has 0 amide bonds. The van der Waals surface area contributed by atoms with Gasteiger partial charge in [0.2, 0.25) is 0 Å². The molecule has 0 atom stereocenters. The Morgan fingerprint density at radius 1 is 1.25 bits per heavy atom. The Bertz CT molecular complexity index is 564. The van der Waals surface area contributed by atoms with Gasteiger partial charge in [0.15, 0.2) is 0 Å². The predicted octanol–water partition coefficient (Wildman–Crippen LogP) is 3.79. The van der Waals surface area contributed by atoms with Crippen molar-refractivity contribution in [2.45, 2.75) is 40.0 Å². The zero-order chi connectivity index (χ0) is 14.5. The molecule has 0 aromatic carbocycles. The van der Waals surface area contributed by atoms with Crippen LogP contribution in [0.25, 0.3) is 11.3 Å². The molecule has 2 heterocycles. The monoisotopic (exact) mass is 270 g/mol. The summed E-state index contributed by atoms with van der Waals surface area (Å²) in [6.45, 7) is 9.35.